The smallest absolute Gasteiger partial charge is 0.373 e. The molecule has 2 aromatic carbocycles. The molecule has 0 spiro atoms. The van der Waals surface area contributed by atoms with Gasteiger partial charge in [-0.15, -0.1) is 0 Å². The summed E-state index contributed by atoms with van der Waals surface area (Å²) in [6.07, 6.45) is 2.76. The van der Waals surface area contributed by atoms with Gasteiger partial charge in [0.1, 0.15) is 11.8 Å². The van der Waals surface area contributed by atoms with Crippen molar-refractivity contribution in [3.8, 4) is 11.6 Å². The van der Waals surface area contributed by atoms with E-state index in [4.69, 9.17) is 9.47 Å². The predicted molar refractivity (Wildman–Crippen MR) is 116 cm³/mol. The summed E-state index contributed by atoms with van der Waals surface area (Å²) in [5.41, 5.74) is 0.682. The van der Waals surface area contributed by atoms with Gasteiger partial charge in [-0.05, 0) is 24.3 Å². The van der Waals surface area contributed by atoms with Crippen molar-refractivity contribution in [3.05, 3.63) is 82.8 Å². The summed E-state index contributed by atoms with van der Waals surface area (Å²) in [5, 5.41) is 12.8. The third kappa shape index (κ3) is 3.76. The van der Waals surface area contributed by atoms with Crippen LogP contribution < -0.4 is 9.64 Å². The molecule has 4 rings (SSSR count). The number of hydrogen-bond donors (Lipinski definition) is 0. The molecular formula is C22H17N5O5. The first-order valence-electron chi connectivity index (χ1n) is 9.43. The lowest BCUT2D eigenvalue weighted by Gasteiger charge is -2.20. The molecule has 160 valence electrons. The van der Waals surface area contributed by atoms with Gasteiger partial charge in [0.15, 0.2) is 5.75 Å². The number of rotatable bonds is 6. The second-order valence-electron chi connectivity index (χ2n) is 6.61. The van der Waals surface area contributed by atoms with Gasteiger partial charge in [-0.1, -0.05) is 30.3 Å². The molecule has 0 fully saturated rings. The van der Waals surface area contributed by atoms with E-state index < -0.39 is 16.6 Å². The zero-order chi connectivity index (χ0) is 22.7. The Hall–Kier alpha value is -4.60. The van der Waals surface area contributed by atoms with Crippen molar-refractivity contribution >= 4 is 34.1 Å². The highest BCUT2D eigenvalue weighted by Gasteiger charge is 2.30. The topological polar surface area (TPSA) is 121 Å². The van der Waals surface area contributed by atoms with Crippen LogP contribution in [0.3, 0.4) is 0 Å². The van der Waals surface area contributed by atoms with Crippen molar-refractivity contribution in [1.29, 1.82) is 0 Å². The molecule has 32 heavy (non-hydrogen) atoms. The minimum Gasteiger partial charge on any atom is -0.465 e. The maximum atomic E-state index is 12.2. The molecule has 10 nitrogen and oxygen atoms in total. The van der Waals surface area contributed by atoms with Crippen LogP contribution >= 0.6 is 0 Å². The number of benzene rings is 2. The molecule has 0 aliphatic heterocycles. The Morgan fingerprint density at radius 3 is 2.59 bits per heavy atom. The predicted octanol–water partition coefficient (Wildman–Crippen LogP) is 4.28. The van der Waals surface area contributed by atoms with Crippen LogP contribution in [0, 0.1) is 10.1 Å². The van der Waals surface area contributed by atoms with Gasteiger partial charge >= 0.3 is 17.5 Å². The average molecular weight is 431 g/mol. The number of ether oxygens (including phenoxy) is 2. The number of pyridine rings is 1. The van der Waals surface area contributed by atoms with E-state index in [9.17, 15) is 14.9 Å². The maximum Gasteiger partial charge on any atom is 0.373 e. The lowest BCUT2D eigenvalue weighted by atomic mass is 10.1. The molecule has 0 unspecified atom stereocenters. The summed E-state index contributed by atoms with van der Waals surface area (Å²) in [6, 6.07) is 15.5. The molecule has 0 saturated carbocycles. The highest BCUT2D eigenvalue weighted by molar-refractivity contribution is 5.97. The van der Waals surface area contributed by atoms with E-state index in [1.165, 1.54) is 12.0 Å². The average Bonchev–Trinajstić information content (AvgIpc) is 2.83. The molecule has 10 heteroatoms. The number of para-hydroxylation sites is 2. The van der Waals surface area contributed by atoms with Gasteiger partial charge in [0, 0.05) is 18.6 Å². The zero-order valence-corrected chi connectivity index (χ0v) is 17.1. The number of nitrogens with zero attached hydrogens (tertiary/aromatic N) is 5. The largest absolute Gasteiger partial charge is 0.465 e. The molecule has 0 atom stereocenters. The lowest BCUT2D eigenvalue weighted by Crippen LogP contribution is -2.18. The second kappa shape index (κ2) is 8.64. The second-order valence-corrected chi connectivity index (χ2v) is 6.61. The summed E-state index contributed by atoms with van der Waals surface area (Å²) < 4.78 is 10.7. The number of carbonyl (C=O) groups is 1. The number of anilines is 2. The number of esters is 1. The number of hydrogen-bond acceptors (Lipinski definition) is 9. The fraction of sp³-hybridized carbons (Fsp3) is 0.0909. The Balaban J connectivity index is 1.82. The van der Waals surface area contributed by atoms with Gasteiger partial charge in [0.05, 0.1) is 23.3 Å². The maximum absolute atomic E-state index is 12.2. The third-order valence-electron chi connectivity index (χ3n) is 4.74. The van der Waals surface area contributed by atoms with E-state index in [0.29, 0.717) is 17.0 Å². The van der Waals surface area contributed by atoms with Gasteiger partial charge < -0.3 is 14.4 Å². The Morgan fingerprint density at radius 2 is 1.81 bits per heavy atom. The van der Waals surface area contributed by atoms with Crippen LogP contribution in [0.25, 0.3) is 10.9 Å². The minimum absolute atomic E-state index is 0.0513. The molecule has 0 bridgehead atoms. The SMILES string of the molecule is COC(=O)c1ccccc1N(C)c1ncnc(Oc2cccc3cccnc23)c1[N+](=O)[O-]. The van der Waals surface area contributed by atoms with Gasteiger partial charge in [-0.3, -0.25) is 15.1 Å². The van der Waals surface area contributed by atoms with Gasteiger partial charge in [0.2, 0.25) is 5.82 Å². The third-order valence-corrected chi connectivity index (χ3v) is 4.74. The molecule has 4 aromatic rings. The van der Waals surface area contributed by atoms with Gasteiger partial charge in [-0.2, -0.15) is 4.98 Å². The Kier molecular flexibility index (Phi) is 5.58. The van der Waals surface area contributed by atoms with Crippen LogP contribution in [0.15, 0.2) is 67.1 Å². The minimum atomic E-state index is -0.625. The van der Waals surface area contributed by atoms with E-state index in [1.54, 1.807) is 55.7 Å². The quantitative estimate of drug-likeness (QED) is 0.250. The Labute approximate surface area is 182 Å². The molecule has 0 saturated heterocycles. The van der Waals surface area contributed by atoms with Crippen LogP contribution in [-0.2, 0) is 4.74 Å². The van der Waals surface area contributed by atoms with E-state index in [1.807, 2.05) is 12.1 Å². The van der Waals surface area contributed by atoms with E-state index >= 15 is 0 Å². The van der Waals surface area contributed by atoms with Crippen LogP contribution in [0.1, 0.15) is 10.4 Å². The zero-order valence-electron chi connectivity index (χ0n) is 17.1. The molecule has 0 radical (unpaired) electrons. The number of methoxy groups -OCH3 is 1. The summed E-state index contributed by atoms with van der Waals surface area (Å²) >= 11 is 0. The van der Waals surface area contributed by atoms with E-state index in [0.717, 1.165) is 11.7 Å². The van der Waals surface area contributed by atoms with E-state index in [-0.39, 0.29) is 17.3 Å². The van der Waals surface area contributed by atoms with Crippen molar-refractivity contribution in [3.63, 3.8) is 0 Å². The van der Waals surface area contributed by atoms with Crippen molar-refractivity contribution in [1.82, 2.24) is 15.0 Å². The highest BCUT2D eigenvalue weighted by atomic mass is 16.6. The van der Waals surface area contributed by atoms with E-state index in [2.05, 4.69) is 15.0 Å². The lowest BCUT2D eigenvalue weighted by molar-refractivity contribution is -0.385. The molecule has 2 aromatic heterocycles. The first-order valence-corrected chi connectivity index (χ1v) is 9.43. The monoisotopic (exact) mass is 431 g/mol. The van der Waals surface area contributed by atoms with Crippen molar-refractivity contribution < 1.29 is 19.2 Å². The Bertz CT molecular complexity index is 1320. The normalized spacial score (nSPS) is 10.6. The summed E-state index contributed by atoms with van der Waals surface area (Å²) in [5.74, 6) is -0.568. The first-order chi connectivity index (χ1) is 15.5. The number of aromatic nitrogens is 3. The molecule has 0 aliphatic carbocycles. The van der Waals surface area contributed by atoms with Crippen molar-refractivity contribution in [2.75, 3.05) is 19.1 Å². The number of fused-ring (bicyclic) bond motifs is 1. The molecule has 2 heterocycles. The first kappa shape index (κ1) is 20.7. The number of nitro groups is 1. The standard InChI is InChI=1S/C22H17N5O5/c1-26(16-10-4-3-9-15(16)22(28)31-2)20-19(27(29)30)21(25-13-24-20)32-17-11-5-7-14-8-6-12-23-18(14)17/h3-13H,1-2H3. The van der Waals surface area contributed by atoms with Crippen molar-refractivity contribution in [2.24, 2.45) is 0 Å². The highest BCUT2D eigenvalue weighted by Crippen LogP contribution is 2.40. The summed E-state index contributed by atoms with van der Waals surface area (Å²) in [4.78, 5) is 37.4. The summed E-state index contributed by atoms with van der Waals surface area (Å²) in [7, 11) is 2.82. The van der Waals surface area contributed by atoms with Gasteiger partial charge in [0.25, 0.3) is 0 Å². The van der Waals surface area contributed by atoms with Crippen LogP contribution in [0.5, 0.6) is 11.6 Å². The molecular weight excluding hydrogens is 414 g/mol. The fourth-order valence-corrected chi connectivity index (χ4v) is 3.26. The Morgan fingerprint density at radius 1 is 1.03 bits per heavy atom. The van der Waals surface area contributed by atoms with Crippen molar-refractivity contribution in [2.45, 2.75) is 0 Å². The fourth-order valence-electron chi connectivity index (χ4n) is 3.26. The molecule has 0 aliphatic rings. The van der Waals surface area contributed by atoms with Crippen LogP contribution in [0.4, 0.5) is 17.2 Å². The van der Waals surface area contributed by atoms with Crippen LogP contribution in [0.2, 0.25) is 0 Å². The number of carbonyl (C=O) groups excluding carboxylic acids is 1. The molecule has 0 N–H and O–H groups in total. The molecule has 0 amide bonds. The summed E-state index contributed by atoms with van der Waals surface area (Å²) in [6.45, 7) is 0. The van der Waals surface area contributed by atoms with Gasteiger partial charge in [-0.25, -0.2) is 9.78 Å². The van der Waals surface area contributed by atoms with Crippen LogP contribution in [-0.4, -0.2) is 40.0 Å².